The van der Waals surface area contributed by atoms with Crippen LogP contribution in [0, 0.1) is 0 Å². The highest BCUT2D eigenvalue weighted by molar-refractivity contribution is 5.06. The van der Waals surface area contributed by atoms with Gasteiger partial charge in [0.25, 0.3) is 0 Å². The van der Waals surface area contributed by atoms with Gasteiger partial charge in [0.15, 0.2) is 0 Å². The summed E-state index contributed by atoms with van der Waals surface area (Å²) >= 11 is 0. The highest BCUT2D eigenvalue weighted by atomic mass is 16.4. The molecule has 4 nitrogen and oxygen atoms in total. The molecule has 1 fully saturated rings. The quantitative estimate of drug-likeness (QED) is 0.920. The van der Waals surface area contributed by atoms with Gasteiger partial charge in [-0.3, -0.25) is 4.90 Å². The lowest BCUT2D eigenvalue weighted by Crippen LogP contribution is -2.46. The van der Waals surface area contributed by atoms with Gasteiger partial charge in [0, 0.05) is 11.5 Å². The third-order valence-corrected chi connectivity index (χ3v) is 4.16. The van der Waals surface area contributed by atoms with Gasteiger partial charge in [-0.05, 0) is 25.8 Å². The molecule has 0 aliphatic carbocycles. The molecule has 1 aliphatic rings. The molecule has 2 rings (SSSR count). The summed E-state index contributed by atoms with van der Waals surface area (Å²) in [4.78, 5) is 6.74. The standard InChI is InChI=1S/C16H28N2O2/c1-5-13(19)12-8-6-7-9-18(12)11-15-17-10-14(20-15)16(2,3)4/h10,12-13,19H,5-9,11H2,1-4H3. The van der Waals surface area contributed by atoms with E-state index in [0.717, 1.165) is 31.0 Å². The van der Waals surface area contributed by atoms with Gasteiger partial charge in [-0.2, -0.15) is 0 Å². The maximum Gasteiger partial charge on any atom is 0.208 e. The number of aliphatic hydroxyl groups is 1. The Bertz CT molecular complexity index is 422. The Hall–Kier alpha value is -0.870. The number of aliphatic hydroxyl groups excluding tert-OH is 1. The minimum Gasteiger partial charge on any atom is -0.444 e. The average molecular weight is 280 g/mol. The first-order valence-corrected chi connectivity index (χ1v) is 7.79. The van der Waals surface area contributed by atoms with Crippen molar-refractivity contribution in [1.82, 2.24) is 9.88 Å². The van der Waals surface area contributed by atoms with Crippen LogP contribution in [0.4, 0.5) is 0 Å². The molecule has 1 N–H and O–H groups in total. The van der Waals surface area contributed by atoms with E-state index in [9.17, 15) is 5.11 Å². The fraction of sp³-hybridized carbons (Fsp3) is 0.812. The van der Waals surface area contributed by atoms with Crippen molar-refractivity contribution >= 4 is 0 Å². The number of aromatic nitrogens is 1. The lowest BCUT2D eigenvalue weighted by Gasteiger charge is -2.37. The van der Waals surface area contributed by atoms with Crippen LogP contribution in [-0.2, 0) is 12.0 Å². The largest absolute Gasteiger partial charge is 0.444 e. The maximum atomic E-state index is 10.2. The minimum atomic E-state index is -0.243. The van der Waals surface area contributed by atoms with Crippen LogP contribution in [0.15, 0.2) is 10.6 Å². The van der Waals surface area contributed by atoms with Crippen LogP contribution in [0.2, 0.25) is 0 Å². The minimum absolute atomic E-state index is 0.00448. The summed E-state index contributed by atoms with van der Waals surface area (Å²) in [7, 11) is 0. The van der Waals surface area contributed by atoms with Crippen molar-refractivity contribution in [2.24, 2.45) is 0 Å². The van der Waals surface area contributed by atoms with Crippen LogP contribution in [0.5, 0.6) is 0 Å². The molecule has 4 heteroatoms. The molecule has 1 saturated heterocycles. The smallest absolute Gasteiger partial charge is 0.208 e. The van der Waals surface area contributed by atoms with Crippen LogP contribution in [-0.4, -0.2) is 33.7 Å². The van der Waals surface area contributed by atoms with Gasteiger partial charge in [0.1, 0.15) is 5.76 Å². The lowest BCUT2D eigenvalue weighted by molar-refractivity contribution is 0.0151. The van der Waals surface area contributed by atoms with E-state index in [4.69, 9.17) is 4.42 Å². The van der Waals surface area contributed by atoms with E-state index < -0.39 is 0 Å². The van der Waals surface area contributed by atoms with Gasteiger partial charge < -0.3 is 9.52 Å². The molecule has 0 aromatic carbocycles. The van der Waals surface area contributed by atoms with Crippen molar-refractivity contribution in [3.63, 3.8) is 0 Å². The first-order valence-electron chi connectivity index (χ1n) is 7.79. The molecule has 2 atom stereocenters. The molecule has 0 bridgehead atoms. The van der Waals surface area contributed by atoms with Crippen LogP contribution in [0.25, 0.3) is 0 Å². The summed E-state index contributed by atoms with van der Waals surface area (Å²) in [5.41, 5.74) is -0.00448. The molecule has 20 heavy (non-hydrogen) atoms. The molecule has 0 saturated carbocycles. The van der Waals surface area contributed by atoms with E-state index in [2.05, 4.69) is 30.7 Å². The first kappa shape index (κ1) is 15.5. The molecule has 1 aliphatic heterocycles. The van der Waals surface area contributed by atoms with Crippen molar-refractivity contribution in [1.29, 1.82) is 0 Å². The second-order valence-electron chi connectivity index (χ2n) is 6.88. The fourth-order valence-corrected chi connectivity index (χ4v) is 2.82. The summed E-state index contributed by atoms with van der Waals surface area (Å²) in [6.45, 7) is 10.2. The van der Waals surface area contributed by atoms with E-state index in [0.29, 0.717) is 6.54 Å². The number of piperidine rings is 1. The molecule has 0 spiro atoms. The second-order valence-corrected chi connectivity index (χ2v) is 6.88. The molecule has 0 radical (unpaired) electrons. The zero-order chi connectivity index (χ0) is 14.8. The molecule has 2 unspecified atom stereocenters. The van der Waals surface area contributed by atoms with E-state index in [1.165, 1.54) is 12.8 Å². The van der Waals surface area contributed by atoms with Crippen LogP contribution >= 0.6 is 0 Å². The first-order chi connectivity index (χ1) is 9.41. The Morgan fingerprint density at radius 1 is 1.45 bits per heavy atom. The second kappa shape index (κ2) is 6.27. The Labute approximate surface area is 122 Å². The molecule has 2 heterocycles. The normalized spacial score (nSPS) is 22.9. The Morgan fingerprint density at radius 3 is 2.80 bits per heavy atom. The summed E-state index contributed by atoms with van der Waals surface area (Å²) in [6.07, 6.45) is 5.87. The molecule has 0 amide bonds. The van der Waals surface area contributed by atoms with Gasteiger partial charge in [0.05, 0.1) is 18.8 Å². The van der Waals surface area contributed by atoms with Gasteiger partial charge in [-0.15, -0.1) is 0 Å². The van der Waals surface area contributed by atoms with Gasteiger partial charge >= 0.3 is 0 Å². The number of hydrogen-bond acceptors (Lipinski definition) is 4. The van der Waals surface area contributed by atoms with Crippen molar-refractivity contribution in [2.45, 2.75) is 77.5 Å². The van der Waals surface area contributed by atoms with Gasteiger partial charge in [-0.1, -0.05) is 34.1 Å². The predicted octanol–water partition coefficient (Wildman–Crippen LogP) is 3.10. The summed E-state index contributed by atoms with van der Waals surface area (Å²) in [5, 5.41) is 10.2. The van der Waals surface area contributed by atoms with E-state index in [1.807, 2.05) is 13.1 Å². The number of oxazole rings is 1. The Kier molecular flexibility index (Phi) is 4.86. The third kappa shape index (κ3) is 3.61. The van der Waals surface area contributed by atoms with Crippen LogP contribution < -0.4 is 0 Å². The summed E-state index contributed by atoms with van der Waals surface area (Å²) < 4.78 is 5.88. The lowest BCUT2D eigenvalue weighted by atomic mass is 9.94. The van der Waals surface area contributed by atoms with Crippen LogP contribution in [0.3, 0.4) is 0 Å². The van der Waals surface area contributed by atoms with E-state index >= 15 is 0 Å². The average Bonchev–Trinajstić information content (AvgIpc) is 2.87. The molecule has 1 aromatic rings. The van der Waals surface area contributed by atoms with Crippen molar-refractivity contribution < 1.29 is 9.52 Å². The number of rotatable bonds is 4. The highest BCUT2D eigenvalue weighted by Crippen LogP contribution is 2.26. The SMILES string of the molecule is CCC(O)C1CCCCN1Cc1ncc(C(C)(C)C)o1. The monoisotopic (exact) mass is 280 g/mol. The van der Waals surface area contributed by atoms with Crippen molar-refractivity contribution in [2.75, 3.05) is 6.54 Å². The fourth-order valence-electron chi connectivity index (χ4n) is 2.82. The zero-order valence-corrected chi connectivity index (χ0v) is 13.2. The highest BCUT2D eigenvalue weighted by Gasteiger charge is 2.29. The predicted molar refractivity (Wildman–Crippen MR) is 79.5 cm³/mol. The third-order valence-electron chi connectivity index (χ3n) is 4.16. The topological polar surface area (TPSA) is 49.5 Å². The summed E-state index contributed by atoms with van der Waals surface area (Å²) in [5.74, 6) is 1.70. The van der Waals surface area contributed by atoms with E-state index in [1.54, 1.807) is 0 Å². The zero-order valence-electron chi connectivity index (χ0n) is 13.2. The molecule has 1 aromatic heterocycles. The number of nitrogens with zero attached hydrogens (tertiary/aromatic N) is 2. The van der Waals surface area contributed by atoms with Gasteiger partial charge in [-0.25, -0.2) is 4.98 Å². The van der Waals surface area contributed by atoms with Gasteiger partial charge in [0.2, 0.25) is 5.89 Å². The van der Waals surface area contributed by atoms with Crippen molar-refractivity contribution in [3.05, 3.63) is 17.8 Å². The number of hydrogen-bond donors (Lipinski definition) is 1. The van der Waals surface area contributed by atoms with E-state index in [-0.39, 0.29) is 17.6 Å². The Morgan fingerprint density at radius 2 is 2.20 bits per heavy atom. The Balaban J connectivity index is 2.05. The maximum absolute atomic E-state index is 10.2. The summed E-state index contributed by atoms with van der Waals surface area (Å²) in [6, 6.07) is 0.249. The molecular formula is C16H28N2O2. The molecular weight excluding hydrogens is 252 g/mol. The van der Waals surface area contributed by atoms with Crippen molar-refractivity contribution in [3.8, 4) is 0 Å². The molecule has 114 valence electrons. The van der Waals surface area contributed by atoms with Crippen LogP contribution in [0.1, 0.15) is 65.0 Å². The number of likely N-dealkylation sites (tertiary alicyclic amines) is 1.